The van der Waals surface area contributed by atoms with Crippen molar-refractivity contribution >= 4 is 0 Å². The maximum atomic E-state index is 3.33. The summed E-state index contributed by atoms with van der Waals surface area (Å²) in [5.41, 5.74) is 4.43. The van der Waals surface area contributed by atoms with Gasteiger partial charge in [0.05, 0.1) is 0 Å². The van der Waals surface area contributed by atoms with Crippen molar-refractivity contribution in [3.8, 4) is 0 Å². The summed E-state index contributed by atoms with van der Waals surface area (Å²) in [6.45, 7) is 5.97. The molecule has 0 amide bonds. The molecule has 2 N–H and O–H groups in total. The SMILES string of the molecule is CNCC1(C)CN(NC)CC2(CC2)C1. The van der Waals surface area contributed by atoms with E-state index >= 15 is 0 Å². The smallest absolute Gasteiger partial charge is 0.0197 e. The van der Waals surface area contributed by atoms with Crippen molar-refractivity contribution in [2.24, 2.45) is 10.8 Å². The standard InChI is InChI=1S/C11H23N3/c1-10(7-12-2)6-11(4-5-11)9-14(8-10)13-3/h12-13H,4-9H2,1-3H3. The van der Waals surface area contributed by atoms with Gasteiger partial charge < -0.3 is 5.32 Å². The van der Waals surface area contributed by atoms with Crippen LogP contribution in [0, 0.1) is 10.8 Å². The van der Waals surface area contributed by atoms with Crippen molar-refractivity contribution in [3.05, 3.63) is 0 Å². The molecule has 0 aromatic heterocycles. The zero-order valence-corrected chi connectivity index (χ0v) is 9.69. The molecule has 3 heteroatoms. The fourth-order valence-electron chi connectivity index (χ4n) is 3.15. The van der Waals surface area contributed by atoms with Crippen LogP contribution in [0.3, 0.4) is 0 Å². The molecule has 1 atom stereocenters. The molecule has 1 spiro atoms. The van der Waals surface area contributed by atoms with Gasteiger partial charge in [-0.15, -0.1) is 0 Å². The molecule has 14 heavy (non-hydrogen) atoms. The molecule has 1 aliphatic carbocycles. The molecule has 2 fully saturated rings. The predicted molar refractivity (Wildman–Crippen MR) is 59.0 cm³/mol. The number of nitrogens with one attached hydrogen (secondary N) is 2. The van der Waals surface area contributed by atoms with Gasteiger partial charge in [0, 0.05) is 19.6 Å². The zero-order chi connectivity index (χ0) is 10.2. The van der Waals surface area contributed by atoms with Crippen LogP contribution in [-0.4, -0.2) is 38.7 Å². The van der Waals surface area contributed by atoms with E-state index in [2.05, 4.69) is 29.7 Å². The van der Waals surface area contributed by atoms with Crippen molar-refractivity contribution in [2.75, 3.05) is 33.7 Å². The highest BCUT2D eigenvalue weighted by Crippen LogP contribution is 2.56. The fourth-order valence-corrected chi connectivity index (χ4v) is 3.15. The fraction of sp³-hybridized carbons (Fsp3) is 1.00. The predicted octanol–water partition coefficient (Wildman–Crippen LogP) is 0.832. The van der Waals surface area contributed by atoms with Gasteiger partial charge in [0.2, 0.25) is 0 Å². The Labute approximate surface area is 87.2 Å². The van der Waals surface area contributed by atoms with E-state index in [0.29, 0.717) is 10.8 Å². The molecule has 1 unspecified atom stereocenters. The second-order valence-electron chi connectivity index (χ2n) is 5.60. The van der Waals surface area contributed by atoms with Crippen molar-refractivity contribution < 1.29 is 0 Å². The monoisotopic (exact) mass is 197 g/mol. The van der Waals surface area contributed by atoms with Gasteiger partial charge in [-0.05, 0) is 44.2 Å². The van der Waals surface area contributed by atoms with E-state index in [0.717, 1.165) is 6.54 Å². The molecule has 0 bridgehead atoms. The van der Waals surface area contributed by atoms with Gasteiger partial charge in [0.1, 0.15) is 0 Å². The van der Waals surface area contributed by atoms with Gasteiger partial charge in [-0.25, -0.2) is 5.01 Å². The minimum atomic E-state index is 0.451. The Balaban J connectivity index is 2.04. The Bertz CT molecular complexity index is 213. The van der Waals surface area contributed by atoms with E-state index in [1.54, 1.807) is 0 Å². The van der Waals surface area contributed by atoms with Crippen LogP contribution in [-0.2, 0) is 0 Å². The van der Waals surface area contributed by atoms with E-state index in [4.69, 9.17) is 0 Å². The number of nitrogens with zero attached hydrogens (tertiary/aromatic N) is 1. The van der Waals surface area contributed by atoms with Crippen LogP contribution in [0.4, 0.5) is 0 Å². The molecule has 1 aliphatic heterocycles. The molecule has 1 heterocycles. The highest BCUT2D eigenvalue weighted by Gasteiger charge is 2.51. The highest BCUT2D eigenvalue weighted by atomic mass is 15.5. The van der Waals surface area contributed by atoms with E-state index in [1.165, 1.54) is 32.4 Å². The van der Waals surface area contributed by atoms with Crippen LogP contribution in [0.1, 0.15) is 26.2 Å². The third-order valence-corrected chi connectivity index (χ3v) is 3.78. The summed E-state index contributed by atoms with van der Waals surface area (Å²) in [5, 5.41) is 5.73. The van der Waals surface area contributed by atoms with Crippen molar-refractivity contribution in [2.45, 2.75) is 26.2 Å². The first-order valence-electron chi connectivity index (χ1n) is 5.68. The van der Waals surface area contributed by atoms with Crippen molar-refractivity contribution in [1.29, 1.82) is 0 Å². The largest absolute Gasteiger partial charge is 0.319 e. The molecular weight excluding hydrogens is 174 g/mol. The molecule has 2 rings (SSSR count). The highest BCUT2D eigenvalue weighted by molar-refractivity contribution is 5.03. The Morgan fingerprint density at radius 1 is 1.21 bits per heavy atom. The number of piperidine rings is 1. The number of hydrogen-bond acceptors (Lipinski definition) is 3. The lowest BCUT2D eigenvalue weighted by Gasteiger charge is -2.44. The van der Waals surface area contributed by atoms with Gasteiger partial charge in [-0.2, -0.15) is 0 Å². The molecule has 0 aromatic carbocycles. The second kappa shape index (κ2) is 3.47. The molecule has 1 saturated carbocycles. The first-order chi connectivity index (χ1) is 6.61. The zero-order valence-electron chi connectivity index (χ0n) is 9.69. The molecular formula is C11H23N3. The van der Waals surface area contributed by atoms with E-state index in [-0.39, 0.29) is 0 Å². The molecule has 3 nitrogen and oxygen atoms in total. The van der Waals surface area contributed by atoms with Gasteiger partial charge in [0.15, 0.2) is 0 Å². The average Bonchev–Trinajstić information content (AvgIpc) is 2.83. The molecule has 0 aromatic rings. The summed E-state index contributed by atoms with van der Waals surface area (Å²) in [4.78, 5) is 0. The Morgan fingerprint density at radius 2 is 1.93 bits per heavy atom. The first-order valence-corrected chi connectivity index (χ1v) is 5.68. The van der Waals surface area contributed by atoms with Crippen molar-refractivity contribution in [3.63, 3.8) is 0 Å². The van der Waals surface area contributed by atoms with E-state index in [1.807, 2.05) is 7.05 Å². The molecule has 2 aliphatic rings. The third kappa shape index (κ3) is 1.95. The van der Waals surface area contributed by atoms with Gasteiger partial charge in [-0.3, -0.25) is 5.43 Å². The minimum Gasteiger partial charge on any atom is -0.319 e. The Hall–Kier alpha value is -0.120. The van der Waals surface area contributed by atoms with E-state index < -0.39 is 0 Å². The topological polar surface area (TPSA) is 27.3 Å². The molecule has 82 valence electrons. The van der Waals surface area contributed by atoms with Crippen LogP contribution in [0.25, 0.3) is 0 Å². The summed E-state index contributed by atoms with van der Waals surface area (Å²) in [5.74, 6) is 0. The van der Waals surface area contributed by atoms with Crippen LogP contribution < -0.4 is 10.7 Å². The second-order valence-corrected chi connectivity index (χ2v) is 5.60. The van der Waals surface area contributed by atoms with Gasteiger partial charge in [0.25, 0.3) is 0 Å². The van der Waals surface area contributed by atoms with E-state index in [9.17, 15) is 0 Å². The van der Waals surface area contributed by atoms with Gasteiger partial charge in [-0.1, -0.05) is 6.92 Å². The van der Waals surface area contributed by atoms with Crippen molar-refractivity contribution in [1.82, 2.24) is 15.8 Å². The third-order valence-electron chi connectivity index (χ3n) is 3.78. The lowest BCUT2D eigenvalue weighted by atomic mass is 9.75. The Kier molecular flexibility index (Phi) is 2.58. The minimum absolute atomic E-state index is 0.451. The maximum Gasteiger partial charge on any atom is 0.0197 e. The average molecular weight is 197 g/mol. The number of hydrazine groups is 1. The van der Waals surface area contributed by atoms with Crippen LogP contribution in [0.15, 0.2) is 0 Å². The van der Waals surface area contributed by atoms with Crippen LogP contribution >= 0.6 is 0 Å². The lowest BCUT2D eigenvalue weighted by molar-refractivity contribution is 0.0214. The first kappa shape index (κ1) is 10.4. The normalized spacial score (nSPS) is 36.2. The maximum absolute atomic E-state index is 3.33. The number of hydrogen-bond donors (Lipinski definition) is 2. The van der Waals surface area contributed by atoms with Gasteiger partial charge >= 0.3 is 0 Å². The Morgan fingerprint density at radius 3 is 2.43 bits per heavy atom. The molecule has 1 saturated heterocycles. The summed E-state index contributed by atoms with van der Waals surface area (Å²) in [6, 6.07) is 0. The lowest BCUT2D eigenvalue weighted by Crippen LogP contribution is -2.54. The summed E-state index contributed by atoms with van der Waals surface area (Å²) < 4.78 is 0. The van der Waals surface area contributed by atoms with Crippen LogP contribution in [0.2, 0.25) is 0 Å². The quantitative estimate of drug-likeness (QED) is 0.702. The summed E-state index contributed by atoms with van der Waals surface area (Å²) in [6.07, 6.45) is 4.27. The summed E-state index contributed by atoms with van der Waals surface area (Å²) >= 11 is 0. The summed E-state index contributed by atoms with van der Waals surface area (Å²) in [7, 11) is 4.10. The molecule has 0 radical (unpaired) electrons. The number of rotatable bonds is 3. The van der Waals surface area contributed by atoms with Crippen LogP contribution in [0.5, 0.6) is 0 Å².